The molecule has 1 heterocycles. The van der Waals surface area contributed by atoms with Crippen LogP contribution in [-0.4, -0.2) is 45.4 Å². The van der Waals surface area contributed by atoms with Crippen molar-refractivity contribution in [2.24, 2.45) is 0 Å². The largest absolute Gasteiger partial charge is 0.444 e. The minimum absolute atomic E-state index is 0.135. The Balaban J connectivity index is 1.96. The zero-order chi connectivity index (χ0) is 23.4. The van der Waals surface area contributed by atoms with E-state index in [4.69, 9.17) is 13.9 Å². The number of carbonyl (C=O) groups is 1. The maximum absolute atomic E-state index is 12.4. The molecule has 174 valence electrons. The van der Waals surface area contributed by atoms with Crippen LogP contribution in [0.1, 0.15) is 48.0 Å². The third-order valence-corrected chi connectivity index (χ3v) is 10.7. The lowest BCUT2D eigenvalue weighted by Gasteiger charge is -2.45. The Labute approximate surface area is 193 Å². The second-order valence-corrected chi connectivity index (χ2v) is 14.7. The summed E-state index contributed by atoms with van der Waals surface area (Å²) in [4.78, 5) is 12.4. The molecule has 1 saturated heterocycles. The van der Waals surface area contributed by atoms with Crippen LogP contribution in [0.3, 0.4) is 0 Å². The number of hydrogen-bond acceptors (Lipinski definition) is 4. The first-order valence-electron chi connectivity index (χ1n) is 11.4. The number of epoxide rings is 1. The van der Waals surface area contributed by atoms with Crippen molar-refractivity contribution in [3.8, 4) is 0 Å². The summed E-state index contributed by atoms with van der Waals surface area (Å²) in [5, 5.41) is 5.24. The molecule has 0 radical (unpaired) electrons. The van der Waals surface area contributed by atoms with Crippen molar-refractivity contribution >= 4 is 24.8 Å². The molecule has 5 nitrogen and oxygen atoms in total. The highest BCUT2D eigenvalue weighted by atomic mass is 28.4. The van der Waals surface area contributed by atoms with Gasteiger partial charge in [0.25, 0.3) is 8.32 Å². The predicted octanol–water partition coefficient (Wildman–Crippen LogP) is 4.25. The average Bonchev–Trinajstić information content (AvgIpc) is 3.53. The van der Waals surface area contributed by atoms with Crippen molar-refractivity contribution in [1.29, 1.82) is 0 Å². The normalized spacial score (nSPS) is 17.5. The van der Waals surface area contributed by atoms with Gasteiger partial charge in [-0.15, -0.1) is 0 Å². The molecule has 2 aromatic rings. The molecule has 0 bridgehead atoms. The fourth-order valence-corrected chi connectivity index (χ4v) is 8.82. The van der Waals surface area contributed by atoms with E-state index in [1.165, 1.54) is 10.4 Å². The van der Waals surface area contributed by atoms with Crippen molar-refractivity contribution in [2.75, 3.05) is 13.2 Å². The molecule has 0 spiro atoms. The SMILES string of the molecule is CC(C)(C)OC(=O)NCC(CC1CO1)O[Si](c1ccccc1)(c1ccccc1)C(C)(C)C. The Morgan fingerprint density at radius 2 is 1.50 bits per heavy atom. The van der Waals surface area contributed by atoms with Crippen molar-refractivity contribution in [1.82, 2.24) is 5.32 Å². The van der Waals surface area contributed by atoms with Crippen LogP contribution in [-0.2, 0) is 13.9 Å². The molecule has 0 aromatic heterocycles. The highest BCUT2D eigenvalue weighted by Gasteiger charge is 2.51. The fourth-order valence-electron chi connectivity index (χ4n) is 4.12. The van der Waals surface area contributed by atoms with Crippen molar-refractivity contribution < 1.29 is 18.7 Å². The lowest BCUT2D eigenvalue weighted by molar-refractivity contribution is 0.0492. The number of ether oxygens (including phenoxy) is 2. The summed E-state index contributed by atoms with van der Waals surface area (Å²) in [7, 11) is -2.72. The standard InChI is InChI=1S/C26H37NO4Si/c1-25(2,3)30-24(28)27-18-20(17-21-19-29-21)31-32(26(4,5)6,22-13-9-7-10-14-22)23-15-11-8-12-16-23/h7-16,20-21H,17-19H2,1-6H3,(H,27,28). The van der Waals surface area contributed by atoms with Gasteiger partial charge in [0.2, 0.25) is 0 Å². The van der Waals surface area contributed by atoms with Crippen LogP contribution in [0.15, 0.2) is 60.7 Å². The fraction of sp³-hybridized carbons (Fsp3) is 0.500. The number of nitrogens with one attached hydrogen (secondary N) is 1. The summed E-state index contributed by atoms with van der Waals surface area (Å²) in [6.45, 7) is 13.5. The van der Waals surface area contributed by atoms with Gasteiger partial charge in [0, 0.05) is 13.0 Å². The molecule has 1 aliphatic heterocycles. The zero-order valence-corrected chi connectivity index (χ0v) is 21.2. The predicted molar refractivity (Wildman–Crippen MR) is 131 cm³/mol. The van der Waals surface area contributed by atoms with E-state index in [-0.39, 0.29) is 17.2 Å². The van der Waals surface area contributed by atoms with Crippen LogP contribution in [0.4, 0.5) is 4.79 Å². The molecule has 2 atom stereocenters. The van der Waals surface area contributed by atoms with Crippen molar-refractivity contribution in [2.45, 2.75) is 70.8 Å². The van der Waals surface area contributed by atoms with Gasteiger partial charge in [-0.1, -0.05) is 81.4 Å². The number of amides is 1. The van der Waals surface area contributed by atoms with Crippen LogP contribution < -0.4 is 15.7 Å². The topological polar surface area (TPSA) is 60.1 Å². The summed E-state index contributed by atoms with van der Waals surface area (Å²) in [5.74, 6) is 0. The first-order chi connectivity index (χ1) is 15.0. The third-order valence-electron chi connectivity index (χ3n) is 5.56. The van der Waals surface area contributed by atoms with Crippen LogP contribution in [0, 0.1) is 0 Å². The molecule has 32 heavy (non-hydrogen) atoms. The summed E-state index contributed by atoms with van der Waals surface area (Å²) >= 11 is 0. The number of benzene rings is 2. The highest BCUT2D eigenvalue weighted by Crippen LogP contribution is 2.38. The van der Waals surface area contributed by atoms with Crippen LogP contribution >= 0.6 is 0 Å². The molecular weight excluding hydrogens is 418 g/mol. The van der Waals surface area contributed by atoms with Crippen LogP contribution in [0.2, 0.25) is 5.04 Å². The van der Waals surface area contributed by atoms with Gasteiger partial charge in [-0.2, -0.15) is 0 Å². The molecule has 0 saturated carbocycles. The van der Waals surface area contributed by atoms with E-state index in [0.717, 1.165) is 13.0 Å². The molecule has 1 aliphatic rings. The molecular formula is C26H37NO4Si. The molecule has 1 fully saturated rings. The van der Waals surface area contributed by atoms with E-state index >= 15 is 0 Å². The van der Waals surface area contributed by atoms with E-state index in [0.29, 0.717) is 6.54 Å². The first-order valence-corrected chi connectivity index (χ1v) is 13.3. The zero-order valence-electron chi connectivity index (χ0n) is 20.2. The summed E-state index contributed by atoms with van der Waals surface area (Å²) < 4.78 is 18.2. The van der Waals surface area contributed by atoms with Crippen molar-refractivity contribution in [3.05, 3.63) is 60.7 Å². The Bertz CT molecular complexity index is 831. The number of alkyl carbamates (subject to hydrolysis) is 1. The molecule has 1 amide bonds. The van der Waals surface area contributed by atoms with Gasteiger partial charge in [0.1, 0.15) is 5.60 Å². The molecule has 2 aromatic carbocycles. The van der Waals surface area contributed by atoms with Gasteiger partial charge < -0.3 is 19.2 Å². The number of carbonyl (C=O) groups excluding carboxylic acids is 1. The maximum atomic E-state index is 12.4. The van der Waals surface area contributed by atoms with Gasteiger partial charge >= 0.3 is 6.09 Å². The second kappa shape index (κ2) is 9.77. The van der Waals surface area contributed by atoms with E-state index in [2.05, 4.69) is 74.6 Å². The lowest BCUT2D eigenvalue weighted by Crippen LogP contribution is -2.68. The monoisotopic (exact) mass is 455 g/mol. The molecule has 2 unspecified atom stereocenters. The minimum Gasteiger partial charge on any atom is -0.444 e. The van der Waals surface area contributed by atoms with E-state index < -0.39 is 20.0 Å². The van der Waals surface area contributed by atoms with Crippen molar-refractivity contribution in [3.63, 3.8) is 0 Å². The number of hydrogen-bond donors (Lipinski definition) is 1. The van der Waals surface area contributed by atoms with Gasteiger partial charge in [0.05, 0.1) is 18.8 Å². The first kappa shape index (κ1) is 24.5. The van der Waals surface area contributed by atoms with Gasteiger partial charge in [-0.05, 0) is 36.2 Å². The summed E-state index contributed by atoms with van der Waals surface area (Å²) in [6.07, 6.45) is 0.297. The highest BCUT2D eigenvalue weighted by molar-refractivity contribution is 6.99. The Morgan fingerprint density at radius 1 is 1.00 bits per heavy atom. The summed E-state index contributed by atoms with van der Waals surface area (Å²) in [5.41, 5.74) is -0.544. The second-order valence-electron chi connectivity index (χ2n) is 10.5. The van der Waals surface area contributed by atoms with Gasteiger partial charge in [0.15, 0.2) is 0 Å². The van der Waals surface area contributed by atoms with Crippen LogP contribution in [0.5, 0.6) is 0 Å². The Kier molecular flexibility index (Phi) is 7.48. The van der Waals surface area contributed by atoms with E-state index in [9.17, 15) is 4.79 Å². The molecule has 1 N–H and O–H groups in total. The van der Waals surface area contributed by atoms with Gasteiger partial charge in [-0.25, -0.2) is 4.79 Å². The van der Waals surface area contributed by atoms with Crippen LogP contribution in [0.25, 0.3) is 0 Å². The minimum atomic E-state index is -2.72. The Hall–Kier alpha value is -2.15. The van der Waals surface area contributed by atoms with E-state index in [1.807, 2.05) is 32.9 Å². The average molecular weight is 456 g/mol. The number of rotatable bonds is 8. The molecule has 6 heteroatoms. The molecule has 3 rings (SSSR count). The molecule has 0 aliphatic carbocycles. The van der Waals surface area contributed by atoms with Gasteiger partial charge in [-0.3, -0.25) is 0 Å². The third kappa shape index (κ3) is 6.21. The smallest absolute Gasteiger partial charge is 0.407 e. The summed E-state index contributed by atoms with van der Waals surface area (Å²) in [6, 6.07) is 21.1. The Morgan fingerprint density at radius 3 is 1.91 bits per heavy atom. The van der Waals surface area contributed by atoms with E-state index in [1.54, 1.807) is 0 Å². The quantitative estimate of drug-likeness (QED) is 0.478. The lowest BCUT2D eigenvalue weighted by atomic mass is 10.2. The maximum Gasteiger partial charge on any atom is 0.407 e.